The van der Waals surface area contributed by atoms with Crippen molar-refractivity contribution >= 4 is 23.5 Å². The van der Waals surface area contributed by atoms with Crippen LogP contribution in [0.25, 0.3) is 22.3 Å². The molecule has 2 aliphatic heterocycles. The third-order valence-electron chi connectivity index (χ3n) is 7.30. The Kier molecular flexibility index (Phi) is 7.69. The lowest BCUT2D eigenvalue weighted by molar-refractivity contribution is -0.137. The zero-order valence-corrected chi connectivity index (χ0v) is 23.7. The van der Waals surface area contributed by atoms with Gasteiger partial charge in [0.2, 0.25) is 5.95 Å². The van der Waals surface area contributed by atoms with Crippen molar-refractivity contribution < 1.29 is 36.3 Å². The number of nitrogens with one attached hydrogen (secondary N) is 1. The van der Waals surface area contributed by atoms with Gasteiger partial charge in [-0.25, -0.2) is 14.2 Å². The van der Waals surface area contributed by atoms with Gasteiger partial charge in [-0.2, -0.15) is 17.6 Å². The van der Waals surface area contributed by atoms with Crippen LogP contribution in [0.5, 0.6) is 0 Å². The number of carbonyl (C=O) groups is 2. The Morgan fingerprint density at radius 1 is 0.953 bits per heavy atom. The molecule has 228 valence electrons. The van der Waals surface area contributed by atoms with Crippen molar-refractivity contribution in [2.75, 3.05) is 43.4 Å². The van der Waals surface area contributed by atoms with Crippen LogP contribution < -0.4 is 16.0 Å². The Balaban J connectivity index is 1.48. The van der Waals surface area contributed by atoms with Crippen LogP contribution >= 0.6 is 0 Å². The number of benzene rings is 2. The summed E-state index contributed by atoms with van der Waals surface area (Å²) in [4.78, 5) is 31.1. The van der Waals surface area contributed by atoms with Crippen LogP contribution in [0.15, 0.2) is 36.4 Å². The third-order valence-corrected chi connectivity index (χ3v) is 7.30. The number of rotatable bonds is 3. The summed E-state index contributed by atoms with van der Waals surface area (Å²) in [5, 5.41) is 2.62. The van der Waals surface area contributed by atoms with Gasteiger partial charge in [-0.05, 0) is 68.7 Å². The van der Waals surface area contributed by atoms with E-state index in [2.05, 4.69) is 10.3 Å². The summed E-state index contributed by atoms with van der Waals surface area (Å²) >= 11 is 0. The molecule has 3 N–H and O–H groups in total. The van der Waals surface area contributed by atoms with E-state index < -0.39 is 41.1 Å². The van der Waals surface area contributed by atoms with Crippen molar-refractivity contribution in [3.8, 4) is 22.3 Å². The largest absolute Gasteiger partial charge is 0.444 e. The van der Waals surface area contributed by atoms with E-state index in [4.69, 9.17) is 10.5 Å². The Morgan fingerprint density at radius 3 is 2.30 bits per heavy atom. The molecule has 8 nitrogen and oxygen atoms in total. The highest BCUT2D eigenvalue weighted by molar-refractivity contribution is 5.97. The van der Waals surface area contributed by atoms with Crippen LogP contribution in [0.1, 0.15) is 42.3 Å². The van der Waals surface area contributed by atoms with E-state index in [0.717, 1.165) is 12.1 Å². The van der Waals surface area contributed by atoms with E-state index in [0.29, 0.717) is 18.5 Å². The van der Waals surface area contributed by atoms with Gasteiger partial charge in [-0.3, -0.25) is 4.79 Å². The van der Waals surface area contributed by atoms with Crippen molar-refractivity contribution in [1.82, 2.24) is 15.2 Å². The molecule has 0 atom stereocenters. The minimum atomic E-state index is -4.79. The van der Waals surface area contributed by atoms with Crippen LogP contribution in [-0.4, -0.2) is 60.2 Å². The van der Waals surface area contributed by atoms with Gasteiger partial charge in [0, 0.05) is 60.7 Å². The van der Waals surface area contributed by atoms with Gasteiger partial charge < -0.3 is 25.6 Å². The van der Waals surface area contributed by atoms with Gasteiger partial charge in [0.15, 0.2) is 0 Å². The van der Waals surface area contributed by atoms with Crippen LogP contribution in [0.2, 0.25) is 0 Å². The highest BCUT2D eigenvalue weighted by Gasteiger charge is 2.37. The first-order chi connectivity index (χ1) is 20.1. The molecule has 3 heterocycles. The Bertz CT molecular complexity index is 1590. The summed E-state index contributed by atoms with van der Waals surface area (Å²) in [6.07, 6.45) is -4.91. The lowest BCUT2D eigenvalue weighted by Crippen LogP contribution is -2.50. The molecule has 0 saturated carbocycles. The van der Waals surface area contributed by atoms with Crippen LogP contribution in [0.3, 0.4) is 0 Å². The van der Waals surface area contributed by atoms with Crippen molar-refractivity contribution in [2.45, 2.75) is 39.0 Å². The standard InChI is InChI=1S/C30H30F5N5O3/c1-29(2,3)43-28(42)40-10-8-39(9-11-40)24-5-4-16(13-22(24)30(33,34)35)18-14-21(26(36)38-25(18)32)20-12-17-6-7-37-27(41)19(17)15-23(20)31/h4-5,12-15H,6-11H2,1-3H3,(H2,36,38)(H,37,41). The van der Waals surface area contributed by atoms with Crippen molar-refractivity contribution in [3.05, 3.63) is 64.9 Å². The first-order valence-electron chi connectivity index (χ1n) is 13.6. The zero-order valence-electron chi connectivity index (χ0n) is 23.7. The summed E-state index contributed by atoms with van der Waals surface area (Å²) in [5.41, 5.74) is 4.34. The predicted octanol–water partition coefficient (Wildman–Crippen LogP) is 5.64. The minimum absolute atomic E-state index is 0.0152. The van der Waals surface area contributed by atoms with Gasteiger partial charge in [0.25, 0.3) is 5.91 Å². The lowest BCUT2D eigenvalue weighted by Gasteiger charge is -2.37. The smallest absolute Gasteiger partial charge is 0.418 e. The summed E-state index contributed by atoms with van der Waals surface area (Å²) < 4.78 is 78.6. The zero-order chi connectivity index (χ0) is 31.3. The average Bonchev–Trinajstić information content (AvgIpc) is 2.92. The van der Waals surface area contributed by atoms with Crippen LogP contribution in [-0.2, 0) is 17.3 Å². The lowest BCUT2D eigenvalue weighted by atomic mass is 9.93. The molecule has 0 bridgehead atoms. The molecule has 0 spiro atoms. The molecule has 2 amide bonds. The minimum Gasteiger partial charge on any atom is -0.444 e. The summed E-state index contributed by atoms with van der Waals surface area (Å²) in [7, 11) is 0. The van der Waals surface area contributed by atoms with Crippen LogP contribution in [0.4, 0.5) is 38.3 Å². The fourth-order valence-corrected chi connectivity index (χ4v) is 5.23. The molecule has 2 aliphatic rings. The van der Waals surface area contributed by atoms with E-state index in [1.54, 1.807) is 20.8 Å². The molecular formula is C30H30F5N5O3. The van der Waals surface area contributed by atoms with E-state index in [9.17, 15) is 22.8 Å². The van der Waals surface area contributed by atoms with Gasteiger partial charge in [-0.15, -0.1) is 0 Å². The highest BCUT2D eigenvalue weighted by Crippen LogP contribution is 2.41. The third kappa shape index (κ3) is 6.20. The molecule has 13 heteroatoms. The number of nitrogens with zero attached hydrogens (tertiary/aromatic N) is 3. The normalized spacial score (nSPS) is 15.7. The van der Waals surface area contributed by atoms with E-state index >= 15 is 8.78 Å². The van der Waals surface area contributed by atoms with Crippen molar-refractivity contribution in [3.63, 3.8) is 0 Å². The summed E-state index contributed by atoms with van der Waals surface area (Å²) in [6.45, 7) is 6.09. The number of ether oxygens (including phenoxy) is 1. The second-order valence-corrected chi connectivity index (χ2v) is 11.4. The number of anilines is 2. The molecule has 5 rings (SSSR count). The Hall–Kier alpha value is -4.42. The monoisotopic (exact) mass is 603 g/mol. The molecular weight excluding hydrogens is 573 g/mol. The van der Waals surface area contributed by atoms with Crippen molar-refractivity contribution in [1.29, 1.82) is 0 Å². The summed E-state index contributed by atoms with van der Waals surface area (Å²) in [5.74, 6) is -2.70. The van der Waals surface area contributed by atoms with Crippen LogP contribution in [0, 0.1) is 11.8 Å². The second-order valence-electron chi connectivity index (χ2n) is 11.4. The molecule has 1 saturated heterocycles. The maximum absolute atomic E-state index is 15.1. The van der Waals surface area contributed by atoms with E-state index in [1.165, 1.54) is 34.1 Å². The fourth-order valence-electron chi connectivity index (χ4n) is 5.23. The number of carbonyl (C=O) groups excluding carboxylic acids is 2. The Morgan fingerprint density at radius 2 is 1.65 bits per heavy atom. The van der Waals surface area contributed by atoms with E-state index in [-0.39, 0.29) is 65.5 Å². The maximum Gasteiger partial charge on any atom is 0.418 e. The topological polar surface area (TPSA) is 101 Å². The molecule has 2 aromatic carbocycles. The molecule has 1 aromatic heterocycles. The maximum atomic E-state index is 15.1. The molecule has 0 unspecified atom stereocenters. The molecule has 43 heavy (non-hydrogen) atoms. The quantitative estimate of drug-likeness (QED) is 0.297. The predicted molar refractivity (Wildman–Crippen MR) is 150 cm³/mol. The number of alkyl halides is 3. The fraction of sp³-hybridized carbons (Fsp3) is 0.367. The number of hydrogen-bond donors (Lipinski definition) is 2. The van der Waals surface area contributed by atoms with E-state index in [1.807, 2.05) is 0 Å². The van der Waals surface area contributed by atoms with Gasteiger partial charge in [0.1, 0.15) is 17.2 Å². The number of pyridine rings is 1. The molecule has 3 aromatic rings. The number of aromatic nitrogens is 1. The molecule has 1 fully saturated rings. The number of nitrogen functional groups attached to an aromatic ring is 1. The Labute approximate surface area is 244 Å². The van der Waals surface area contributed by atoms with Gasteiger partial charge >= 0.3 is 12.3 Å². The average molecular weight is 604 g/mol. The SMILES string of the molecule is CC(C)(C)OC(=O)N1CCN(c2ccc(-c3cc(-c4cc5c(cc4F)C(=O)NCC5)c(N)nc3F)cc2C(F)(F)F)CC1. The number of nitrogens with two attached hydrogens (primary N) is 1. The first kappa shape index (κ1) is 30.1. The highest BCUT2D eigenvalue weighted by atomic mass is 19.4. The molecule has 0 radical (unpaired) electrons. The molecule has 0 aliphatic carbocycles. The second kappa shape index (κ2) is 11.0. The number of amides is 2. The van der Waals surface area contributed by atoms with Crippen molar-refractivity contribution in [2.24, 2.45) is 0 Å². The number of hydrogen-bond acceptors (Lipinski definition) is 6. The number of fused-ring (bicyclic) bond motifs is 1. The number of halogens is 5. The summed E-state index contributed by atoms with van der Waals surface area (Å²) in [6, 6.07) is 7.05. The first-order valence-corrected chi connectivity index (χ1v) is 13.6. The van der Waals surface area contributed by atoms with Gasteiger partial charge in [-0.1, -0.05) is 6.07 Å². The van der Waals surface area contributed by atoms with Gasteiger partial charge in [0.05, 0.1) is 5.56 Å². The number of piperazine rings is 1.